The SMILES string of the molecule is COc1ccc(C=CC(=O)Nc2cccc(Cl)c2N(C)C)cc1OC. The zero-order chi connectivity index (χ0) is 18.4. The van der Waals surface area contributed by atoms with Gasteiger partial charge in [0.15, 0.2) is 11.5 Å². The molecule has 2 aromatic rings. The molecule has 0 aromatic heterocycles. The topological polar surface area (TPSA) is 50.8 Å². The number of benzene rings is 2. The van der Waals surface area contributed by atoms with Crippen LogP contribution in [0.4, 0.5) is 11.4 Å². The predicted molar refractivity (Wildman–Crippen MR) is 103 cm³/mol. The molecule has 0 aliphatic carbocycles. The first kappa shape index (κ1) is 18.7. The Bertz CT molecular complexity index is 788. The molecule has 25 heavy (non-hydrogen) atoms. The molecule has 0 saturated carbocycles. The number of nitrogens with one attached hydrogen (secondary N) is 1. The highest BCUT2D eigenvalue weighted by Crippen LogP contribution is 2.32. The Morgan fingerprint density at radius 2 is 1.84 bits per heavy atom. The molecule has 2 aromatic carbocycles. The minimum absolute atomic E-state index is 0.250. The maximum atomic E-state index is 12.2. The van der Waals surface area contributed by atoms with Crippen molar-refractivity contribution < 1.29 is 14.3 Å². The number of rotatable bonds is 6. The van der Waals surface area contributed by atoms with Crippen LogP contribution >= 0.6 is 11.6 Å². The van der Waals surface area contributed by atoms with Gasteiger partial charge >= 0.3 is 0 Å². The first-order valence-corrected chi connectivity index (χ1v) is 8.01. The Labute approximate surface area is 152 Å². The fourth-order valence-corrected chi connectivity index (χ4v) is 2.72. The highest BCUT2D eigenvalue weighted by molar-refractivity contribution is 6.34. The van der Waals surface area contributed by atoms with Gasteiger partial charge in [-0.1, -0.05) is 23.7 Å². The second-order valence-electron chi connectivity index (χ2n) is 5.47. The summed E-state index contributed by atoms with van der Waals surface area (Å²) >= 11 is 6.21. The van der Waals surface area contributed by atoms with Gasteiger partial charge in [-0.05, 0) is 35.9 Å². The predicted octanol–water partition coefficient (Wildman–Crippen LogP) is 4.08. The molecule has 0 saturated heterocycles. The zero-order valence-corrected chi connectivity index (χ0v) is 15.4. The molecule has 0 aliphatic heterocycles. The summed E-state index contributed by atoms with van der Waals surface area (Å²) < 4.78 is 10.5. The monoisotopic (exact) mass is 360 g/mol. The molecule has 0 fully saturated rings. The fourth-order valence-electron chi connectivity index (χ4n) is 2.37. The van der Waals surface area contributed by atoms with Gasteiger partial charge in [0.1, 0.15) is 0 Å². The molecule has 132 valence electrons. The normalized spacial score (nSPS) is 10.6. The second-order valence-corrected chi connectivity index (χ2v) is 5.87. The Balaban J connectivity index is 2.16. The maximum Gasteiger partial charge on any atom is 0.248 e. The number of carbonyl (C=O) groups is 1. The van der Waals surface area contributed by atoms with E-state index in [-0.39, 0.29) is 5.91 Å². The summed E-state index contributed by atoms with van der Waals surface area (Å²) in [4.78, 5) is 14.1. The minimum atomic E-state index is -0.250. The number of nitrogens with zero attached hydrogens (tertiary/aromatic N) is 1. The van der Waals surface area contributed by atoms with Gasteiger partial charge in [0.2, 0.25) is 5.91 Å². The summed E-state index contributed by atoms with van der Waals surface area (Å²) in [6.07, 6.45) is 3.17. The molecule has 0 bridgehead atoms. The standard InChI is InChI=1S/C19H21ClN2O3/c1-22(2)19-14(20)6-5-7-15(19)21-18(23)11-9-13-8-10-16(24-3)17(12-13)25-4/h5-12H,1-4H3,(H,21,23). The van der Waals surface area contributed by atoms with Crippen molar-refractivity contribution in [2.24, 2.45) is 0 Å². The van der Waals surface area contributed by atoms with E-state index in [2.05, 4.69) is 5.32 Å². The summed E-state index contributed by atoms with van der Waals surface area (Å²) in [5.74, 6) is 0.994. The molecular weight excluding hydrogens is 340 g/mol. The molecule has 0 radical (unpaired) electrons. The molecule has 0 unspecified atom stereocenters. The molecule has 0 heterocycles. The number of hydrogen-bond acceptors (Lipinski definition) is 4. The van der Waals surface area contributed by atoms with E-state index in [0.29, 0.717) is 22.2 Å². The van der Waals surface area contributed by atoms with E-state index in [4.69, 9.17) is 21.1 Å². The van der Waals surface area contributed by atoms with Gasteiger partial charge in [-0.3, -0.25) is 4.79 Å². The largest absolute Gasteiger partial charge is 0.493 e. The first-order valence-electron chi connectivity index (χ1n) is 7.63. The third-order valence-electron chi connectivity index (χ3n) is 3.53. The molecule has 1 amide bonds. The number of ether oxygens (including phenoxy) is 2. The smallest absolute Gasteiger partial charge is 0.248 e. The molecule has 0 aliphatic rings. The summed E-state index contributed by atoms with van der Waals surface area (Å²) in [5, 5.41) is 3.42. The van der Waals surface area contributed by atoms with Crippen molar-refractivity contribution in [3.05, 3.63) is 53.1 Å². The van der Waals surface area contributed by atoms with E-state index in [1.807, 2.05) is 31.1 Å². The van der Waals surface area contributed by atoms with E-state index in [1.54, 1.807) is 44.6 Å². The molecule has 6 heteroatoms. The number of halogens is 1. The van der Waals surface area contributed by atoms with Crippen molar-refractivity contribution in [1.29, 1.82) is 0 Å². The Hall–Kier alpha value is -2.66. The Kier molecular flexibility index (Phi) is 6.31. The van der Waals surface area contributed by atoms with Gasteiger partial charge < -0.3 is 19.7 Å². The number of anilines is 2. The van der Waals surface area contributed by atoms with Gasteiger partial charge in [0.05, 0.1) is 30.6 Å². The highest BCUT2D eigenvalue weighted by atomic mass is 35.5. The zero-order valence-electron chi connectivity index (χ0n) is 14.7. The number of methoxy groups -OCH3 is 2. The van der Waals surface area contributed by atoms with Gasteiger partial charge in [0, 0.05) is 20.2 Å². The van der Waals surface area contributed by atoms with Crippen LogP contribution in [-0.2, 0) is 4.79 Å². The lowest BCUT2D eigenvalue weighted by Gasteiger charge is -2.18. The van der Waals surface area contributed by atoms with Crippen molar-refractivity contribution in [3.8, 4) is 11.5 Å². The number of amides is 1. The molecule has 0 spiro atoms. The van der Waals surface area contributed by atoms with Crippen molar-refractivity contribution >= 4 is 35.0 Å². The maximum absolute atomic E-state index is 12.2. The van der Waals surface area contributed by atoms with Crippen molar-refractivity contribution in [2.45, 2.75) is 0 Å². The molecule has 0 atom stereocenters. The second kappa shape index (κ2) is 8.44. The Morgan fingerprint density at radius 3 is 2.48 bits per heavy atom. The van der Waals surface area contributed by atoms with Crippen LogP contribution in [0.2, 0.25) is 5.02 Å². The van der Waals surface area contributed by atoms with E-state index in [1.165, 1.54) is 6.08 Å². The van der Waals surface area contributed by atoms with Crippen LogP contribution in [-0.4, -0.2) is 34.2 Å². The van der Waals surface area contributed by atoms with Crippen LogP contribution in [0.15, 0.2) is 42.5 Å². The van der Waals surface area contributed by atoms with Crippen LogP contribution in [0.1, 0.15) is 5.56 Å². The fraction of sp³-hybridized carbons (Fsp3) is 0.211. The van der Waals surface area contributed by atoms with E-state index < -0.39 is 0 Å². The quantitative estimate of drug-likeness (QED) is 0.789. The number of hydrogen-bond donors (Lipinski definition) is 1. The van der Waals surface area contributed by atoms with Crippen LogP contribution < -0.4 is 19.7 Å². The Morgan fingerprint density at radius 1 is 1.12 bits per heavy atom. The minimum Gasteiger partial charge on any atom is -0.493 e. The van der Waals surface area contributed by atoms with Gasteiger partial charge in [0.25, 0.3) is 0 Å². The third-order valence-corrected chi connectivity index (χ3v) is 3.83. The summed E-state index contributed by atoms with van der Waals surface area (Å²) in [6, 6.07) is 10.8. The van der Waals surface area contributed by atoms with Crippen LogP contribution in [0.3, 0.4) is 0 Å². The third kappa shape index (κ3) is 4.67. The first-order chi connectivity index (χ1) is 12.0. The van der Waals surface area contributed by atoms with Crippen molar-refractivity contribution in [2.75, 3.05) is 38.5 Å². The summed E-state index contributed by atoms with van der Waals surface area (Å²) in [5.41, 5.74) is 2.24. The van der Waals surface area contributed by atoms with Crippen LogP contribution in [0.5, 0.6) is 11.5 Å². The lowest BCUT2D eigenvalue weighted by molar-refractivity contribution is -0.111. The molecule has 5 nitrogen and oxygen atoms in total. The van der Waals surface area contributed by atoms with E-state index >= 15 is 0 Å². The average Bonchev–Trinajstić information content (AvgIpc) is 2.59. The van der Waals surface area contributed by atoms with E-state index in [9.17, 15) is 4.79 Å². The van der Waals surface area contributed by atoms with Gasteiger partial charge in [-0.15, -0.1) is 0 Å². The molecule has 1 N–H and O–H groups in total. The van der Waals surface area contributed by atoms with Crippen molar-refractivity contribution in [3.63, 3.8) is 0 Å². The van der Waals surface area contributed by atoms with Crippen LogP contribution in [0, 0.1) is 0 Å². The highest BCUT2D eigenvalue weighted by Gasteiger charge is 2.10. The number of para-hydroxylation sites is 1. The molecular formula is C19H21ClN2O3. The summed E-state index contributed by atoms with van der Waals surface area (Å²) in [7, 11) is 6.89. The summed E-state index contributed by atoms with van der Waals surface area (Å²) in [6.45, 7) is 0. The van der Waals surface area contributed by atoms with Gasteiger partial charge in [-0.25, -0.2) is 0 Å². The van der Waals surface area contributed by atoms with E-state index in [0.717, 1.165) is 11.3 Å². The molecule has 2 rings (SSSR count). The lowest BCUT2D eigenvalue weighted by atomic mass is 10.2. The number of carbonyl (C=O) groups excluding carboxylic acids is 1. The van der Waals surface area contributed by atoms with Crippen molar-refractivity contribution in [1.82, 2.24) is 0 Å². The van der Waals surface area contributed by atoms with Crippen LogP contribution in [0.25, 0.3) is 6.08 Å². The lowest BCUT2D eigenvalue weighted by Crippen LogP contribution is -2.15. The average molecular weight is 361 g/mol. The van der Waals surface area contributed by atoms with Gasteiger partial charge in [-0.2, -0.15) is 0 Å².